The second kappa shape index (κ2) is 6.04. The molecule has 2 N–H and O–H groups in total. The molecule has 1 atom stereocenters. The van der Waals surface area contributed by atoms with E-state index in [0.29, 0.717) is 11.5 Å². The van der Waals surface area contributed by atoms with Crippen LogP contribution in [0.3, 0.4) is 0 Å². The molecule has 3 aromatic rings. The van der Waals surface area contributed by atoms with E-state index in [1.54, 1.807) is 13.4 Å². The van der Waals surface area contributed by atoms with Gasteiger partial charge in [-0.1, -0.05) is 11.6 Å². The van der Waals surface area contributed by atoms with Crippen LogP contribution >= 0.6 is 11.6 Å². The van der Waals surface area contributed by atoms with Gasteiger partial charge in [-0.05, 0) is 38.0 Å². The van der Waals surface area contributed by atoms with Crippen LogP contribution in [-0.4, -0.2) is 27.0 Å². The van der Waals surface area contributed by atoms with Crippen molar-refractivity contribution < 1.29 is 4.74 Å². The molecular formula is C16H18ClN5O. The summed E-state index contributed by atoms with van der Waals surface area (Å²) in [4.78, 5) is 15.6. The number of hydrogen-bond donors (Lipinski definition) is 2. The molecule has 0 aliphatic rings. The Bertz CT molecular complexity index is 861. The first kappa shape index (κ1) is 15.6. The van der Waals surface area contributed by atoms with Crippen molar-refractivity contribution >= 4 is 28.6 Å². The molecule has 0 saturated carbocycles. The van der Waals surface area contributed by atoms with Gasteiger partial charge in [0.25, 0.3) is 0 Å². The number of nitrogens with zero attached hydrogens (tertiary/aromatic N) is 3. The van der Waals surface area contributed by atoms with E-state index >= 15 is 0 Å². The molecule has 2 heterocycles. The maximum absolute atomic E-state index is 6.41. The van der Waals surface area contributed by atoms with E-state index in [1.807, 2.05) is 26.8 Å². The van der Waals surface area contributed by atoms with Gasteiger partial charge in [-0.3, -0.25) is 0 Å². The number of halogens is 1. The van der Waals surface area contributed by atoms with Crippen LogP contribution in [0.15, 0.2) is 18.7 Å². The fourth-order valence-corrected chi connectivity index (χ4v) is 2.95. The SMILES string of the molecule is COc1cc(C)c(Cl)c(C)c1C(C)Nc1ncnc2nc[nH]c12. The summed E-state index contributed by atoms with van der Waals surface area (Å²) in [5.74, 6) is 1.50. The Balaban J connectivity index is 2.02. The molecule has 2 aromatic heterocycles. The Labute approximate surface area is 139 Å². The summed E-state index contributed by atoms with van der Waals surface area (Å²) in [6, 6.07) is 1.90. The summed E-state index contributed by atoms with van der Waals surface area (Å²) in [5.41, 5.74) is 4.40. The molecule has 1 unspecified atom stereocenters. The van der Waals surface area contributed by atoms with Crippen LogP contribution in [0.2, 0.25) is 5.02 Å². The van der Waals surface area contributed by atoms with Gasteiger partial charge in [0, 0.05) is 10.6 Å². The first-order valence-electron chi connectivity index (χ1n) is 7.27. The Kier molecular flexibility index (Phi) is 4.09. The summed E-state index contributed by atoms with van der Waals surface area (Å²) in [7, 11) is 1.66. The lowest BCUT2D eigenvalue weighted by molar-refractivity contribution is 0.407. The molecular weight excluding hydrogens is 314 g/mol. The van der Waals surface area contributed by atoms with Crippen LogP contribution in [0.25, 0.3) is 11.2 Å². The maximum Gasteiger partial charge on any atom is 0.182 e. The highest BCUT2D eigenvalue weighted by molar-refractivity contribution is 6.32. The second-order valence-electron chi connectivity index (χ2n) is 5.44. The molecule has 6 nitrogen and oxygen atoms in total. The minimum absolute atomic E-state index is 0.0514. The maximum atomic E-state index is 6.41. The van der Waals surface area contributed by atoms with Gasteiger partial charge in [0.2, 0.25) is 0 Å². The number of H-pyrrole nitrogens is 1. The van der Waals surface area contributed by atoms with Crippen molar-refractivity contribution in [2.45, 2.75) is 26.8 Å². The average Bonchev–Trinajstić information content (AvgIpc) is 3.01. The van der Waals surface area contributed by atoms with Gasteiger partial charge in [0.05, 0.1) is 19.5 Å². The molecule has 0 aliphatic carbocycles. The largest absolute Gasteiger partial charge is 0.496 e. The van der Waals surface area contributed by atoms with E-state index in [1.165, 1.54) is 6.33 Å². The normalized spacial score (nSPS) is 12.4. The van der Waals surface area contributed by atoms with Gasteiger partial charge in [0.1, 0.15) is 17.6 Å². The average molecular weight is 332 g/mol. The number of aryl methyl sites for hydroxylation is 1. The highest BCUT2D eigenvalue weighted by atomic mass is 35.5. The van der Waals surface area contributed by atoms with E-state index in [9.17, 15) is 0 Å². The molecule has 23 heavy (non-hydrogen) atoms. The Morgan fingerprint density at radius 2 is 2.04 bits per heavy atom. The summed E-state index contributed by atoms with van der Waals surface area (Å²) >= 11 is 6.41. The number of ether oxygens (including phenoxy) is 1. The van der Waals surface area contributed by atoms with Crippen LogP contribution in [0.4, 0.5) is 5.82 Å². The van der Waals surface area contributed by atoms with Crippen LogP contribution in [0.1, 0.15) is 29.7 Å². The number of hydrogen-bond acceptors (Lipinski definition) is 5. The number of nitrogens with one attached hydrogen (secondary N) is 2. The smallest absolute Gasteiger partial charge is 0.182 e. The summed E-state index contributed by atoms with van der Waals surface area (Å²) in [6.45, 7) is 6.01. The van der Waals surface area contributed by atoms with Crippen molar-refractivity contribution in [3.8, 4) is 5.75 Å². The number of fused-ring (bicyclic) bond motifs is 1. The number of imidazole rings is 1. The minimum atomic E-state index is -0.0514. The molecule has 1 aromatic carbocycles. The van der Waals surface area contributed by atoms with Gasteiger partial charge in [-0.15, -0.1) is 0 Å². The van der Waals surface area contributed by atoms with Crippen molar-refractivity contribution in [2.75, 3.05) is 12.4 Å². The van der Waals surface area contributed by atoms with Crippen LogP contribution in [0.5, 0.6) is 5.75 Å². The minimum Gasteiger partial charge on any atom is -0.496 e. The van der Waals surface area contributed by atoms with Crippen LogP contribution in [-0.2, 0) is 0 Å². The Morgan fingerprint density at radius 1 is 1.26 bits per heavy atom. The van der Waals surface area contributed by atoms with Crippen molar-refractivity contribution in [3.63, 3.8) is 0 Å². The molecule has 0 saturated heterocycles. The third-order valence-corrected chi connectivity index (χ3v) is 4.50. The van der Waals surface area contributed by atoms with E-state index in [-0.39, 0.29) is 6.04 Å². The predicted molar refractivity (Wildman–Crippen MR) is 91.2 cm³/mol. The molecule has 0 amide bonds. The number of methoxy groups -OCH3 is 1. The third-order valence-electron chi connectivity index (χ3n) is 3.92. The highest BCUT2D eigenvalue weighted by Crippen LogP contribution is 2.37. The number of rotatable bonds is 4. The lowest BCUT2D eigenvalue weighted by atomic mass is 9.98. The molecule has 3 rings (SSSR count). The van der Waals surface area contributed by atoms with E-state index in [2.05, 4.69) is 25.3 Å². The van der Waals surface area contributed by atoms with Crippen molar-refractivity contribution in [2.24, 2.45) is 0 Å². The van der Waals surface area contributed by atoms with Crippen molar-refractivity contribution in [1.82, 2.24) is 19.9 Å². The van der Waals surface area contributed by atoms with Crippen molar-refractivity contribution in [3.05, 3.63) is 40.4 Å². The molecule has 0 aliphatic heterocycles. The molecule has 0 spiro atoms. The summed E-state index contributed by atoms with van der Waals surface area (Å²) in [5, 5.41) is 4.14. The van der Waals surface area contributed by atoms with Gasteiger partial charge in [-0.25, -0.2) is 15.0 Å². The quantitative estimate of drug-likeness (QED) is 0.760. The second-order valence-corrected chi connectivity index (χ2v) is 5.82. The van der Waals surface area contributed by atoms with E-state index in [4.69, 9.17) is 16.3 Å². The first-order chi connectivity index (χ1) is 11.0. The zero-order chi connectivity index (χ0) is 16.6. The third kappa shape index (κ3) is 2.70. The van der Waals surface area contributed by atoms with Crippen LogP contribution in [0, 0.1) is 13.8 Å². The van der Waals surface area contributed by atoms with Crippen LogP contribution < -0.4 is 10.1 Å². The zero-order valence-corrected chi connectivity index (χ0v) is 14.2. The zero-order valence-electron chi connectivity index (χ0n) is 13.4. The molecule has 7 heteroatoms. The van der Waals surface area contributed by atoms with Gasteiger partial charge in [-0.2, -0.15) is 0 Å². The fourth-order valence-electron chi connectivity index (χ4n) is 2.80. The fraction of sp³-hybridized carbons (Fsp3) is 0.312. The van der Waals surface area contributed by atoms with Gasteiger partial charge < -0.3 is 15.0 Å². The van der Waals surface area contributed by atoms with Crippen molar-refractivity contribution in [1.29, 1.82) is 0 Å². The monoisotopic (exact) mass is 331 g/mol. The Hall–Kier alpha value is -2.34. The van der Waals surface area contributed by atoms with E-state index < -0.39 is 0 Å². The predicted octanol–water partition coefficient (Wildman–Crippen LogP) is 3.80. The molecule has 0 radical (unpaired) electrons. The van der Waals surface area contributed by atoms with Gasteiger partial charge in [0.15, 0.2) is 11.5 Å². The number of aromatic nitrogens is 4. The van der Waals surface area contributed by atoms with Gasteiger partial charge >= 0.3 is 0 Å². The lowest BCUT2D eigenvalue weighted by Crippen LogP contribution is -2.12. The molecule has 0 bridgehead atoms. The standard InChI is InChI=1S/C16H18ClN5O/c1-8-5-11(23-4)12(9(2)13(8)17)10(3)22-16-14-15(19-6-18-14)20-7-21-16/h5-7,10H,1-4H3,(H2,18,19,20,21,22). The number of benzene rings is 1. The Morgan fingerprint density at radius 3 is 2.78 bits per heavy atom. The number of anilines is 1. The summed E-state index contributed by atoms with van der Waals surface area (Å²) in [6.07, 6.45) is 3.09. The first-order valence-corrected chi connectivity index (χ1v) is 7.65. The molecule has 120 valence electrons. The topological polar surface area (TPSA) is 75.7 Å². The highest BCUT2D eigenvalue weighted by Gasteiger charge is 2.19. The van der Waals surface area contributed by atoms with E-state index in [0.717, 1.165) is 33.0 Å². The molecule has 0 fully saturated rings. The number of aromatic amines is 1. The lowest BCUT2D eigenvalue weighted by Gasteiger charge is -2.22. The summed E-state index contributed by atoms with van der Waals surface area (Å²) < 4.78 is 5.54.